The molecule has 0 radical (unpaired) electrons. The smallest absolute Gasteiger partial charge is 0.325 e. The number of amides is 1. The Kier molecular flexibility index (Phi) is 4.73. The van der Waals surface area contributed by atoms with Gasteiger partial charge in [0.25, 0.3) is 0 Å². The Morgan fingerprint density at radius 1 is 1.28 bits per heavy atom. The molecule has 2 aliphatic heterocycles. The molecule has 1 aromatic rings. The van der Waals surface area contributed by atoms with Crippen molar-refractivity contribution in [1.29, 1.82) is 0 Å². The van der Waals surface area contributed by atoms with Crippen LogP contribution in [0.15, 0.2) is 17.1 Å². The van der Waals surface area contributed by atoms with Crippen LogP contribution in [-0.2, 0) is 4.79 Å². The van der Waals surface area contributed by atoms with Crippen LogP contribution in [0.3, 0.4) is 0 Å². The van der Waals surface area contributed by atoms with Crippen LogP contribution in [-0.4, -0.2) is 51.9 Å². The zero-order chi connectivity index (χ0) is 18.1. The molecule has 2 heterocycles. The van der Waals surface area contributed by atoms with Crippen molar-refractivity contribution in [2.45, 2.75) is 39.5 Å². The highest BCUT2D eigenvalue weighted by atomic mass is 16.5. The number of benzene rings is 1. The van der Waals surface area contributed by atoms with E-state index in [9.17, 15) is 15.1 Å². The summed E-state index contributed by atoms with van der Waals surface area (Å²) in [4.78, 5) is 18.1. The van der Waals surface area contributed by atoms with Crippen molar-refractivity contribution < 1.29 is 19.7 Å². The SMILES string of the molecule is Cc1cc2c(cc1C)[N+]([O-])=C1C(=O)NC(O)N=C1N2CCCCCO. The van der Waals surface area contributed by atoms with Crippen LogP contribution in [0, 0.1) is 19.1 Å². The Labute approximate surface area is 145 Å². The zero-order valence-electron chi connectivity index (χ0n) is 14.3. The highest BCUT2D eigenvalue weighted by Crippen LogP contribution is 2.35. The number of hydrogen-bond donors (Lipinski definition) is 3. The third kappa shape index (κ3) is 3.10. The van der Waals surface area contributed by atoms with Gasteiger partial charge in [0.05, 0.1) is 0 Å². The molecule has 2 aliphatic rings. The second-order valence-corrected chi connectivity index (χ2v) is 6.30. The first-order valence-corrected chi connectivity index (χ1v) is 8.35. The maximum Gasteiger partial charge on any atom is 0.325 e. The summed E-state index contributed by atoms with van der Waals surface area (Å²) in [5.74, 6) is -0.456. The average molecular weight is 346 g/mol. The molecule has 8 heteroatoms. The first-order chi connectivity index (χ1) is 11.9. The minimum absolute atomic E-state index is 0.108. The van der Waals surface area contributed by atoms with E-state index in [2.05, 4.69) is 10.3 Å². The monoisotopic (exact) mass is 346 g/mol. The Morgan fingerprint density at radius 3 is 2.72 bits per heavy atom. The van der Waals surface area contributed by atoms with Gasteiger partial charge in [-0.2, -0.15) is 4.74 Å². The number of amidine groups is 1. The highest BCUT2D eigenvalue weighted by molar-refractivity contribution is 6.68. The van der Waals surface area contributed by atoms with E-state index in [-0.39, 0.29) is 18.2 Å². The maximum atomic E-state index is 12.8. The molecule has 1 unspecified atom stereocenters. The van der Waals surface area contributed by atoms with Crippen LogP contribution in [0.2, 0.25) is 0 Å². The lowest BCUT2D eigenvalue weighted by atomic mass is 10.0. The Morgan fingerprint density at radius 2 is 2.00 bits per heavy atom. The summed E-state index contributed by atoms with van der Waals surface area (Å²) in [6.07, 6.45) is 0.891. The molecular formula is C17H22N4O4. The molecule has 0 aliphatic carbocycles. The van der Waals surface area contributed by atoms with Crippen molar-refractivity contribution in [3.63, 3.8) is 0 Å². The molecule has 0 aromatic heterocycles. The number of aryl methyl sites for hydroxylation is 2. The third-order valence-corrected chi connectivity index (χ3v) is 4.53. The summed E-state index contributed by atoms with van der Waals surface area (Å²) in [7, 11) is 0. The van der Waals surface area contributed by atoms with Crippen molar-refractivity contribution >= 4 is 28.8 Å². The fourth-order valence-electron chi connectivity index (χ4n) is 3.06. The Balaban J connectivity index is 2.09. The average Bonchev–Trinajstić information content (AvgIpc) is 2.55. The van der Waals surface area contributed by atoms with E-state index in [0.717, 1.165) is 24.0 Å². The van der Waals surface area contributed by atoms with Crippen molar-refractivity contribution in [2.75, 3.05) is 18.1 Å². The first kappa shape index (κ1) is 17.4. The molecule has 1 atom stereocenters. The Hall–Kier alpha value is -2.45. The summed E-state index contributed by atoms with van der Waals surface area (Å²) in [6, 6.07) is 3.67. The molecule has 8 nitrogen and oxygen atoms in total. The second kappa shape index (κ2) is 6.81. The Bertz CT molecular complexity index is 772. The van der Waals surface area contributed by atoms with E-state index in [1.165, 1.54) is 0 Å². The van der Waals surface area contributed by atoms with Gasteiger partial charge in [-0.25, -0.2) is 4.99 Å². The van der Waals surface area contributed by atoms with E-state index in [4.69, 9.17) is 5.11 Å². The number of nitrogens with one attached hydrogen (secondary N) is 1. The van der Waals surface area contributed by atoms with Crippen LogP contribution < -0.4 is 10.2 Å². The summed E-state index contributed by atoms with van der Waals surface area (Å²) in [5.41, 5.74) is 2.94. The molecule has 0 bridgehead atoms. The largest absolute Gasteiger partial charge is 0.618 e. The molecule has 3 rings (SSSR count). The normalized spacial score (nSPS) is 19.4. The standard InChI is InChI=1S/C17H22N4O4/c1-10-8-12-13(9-11(10)2)21(25)14-15(18-17(24)19-16(14)23)20(12)6-4-3-5-7-22/h8-9,17,22,24H,3-7H2,1-2H3,(H,19,23). The number of fused-ring (bicyclic) bond motifs is 2. The van der Waals surface area contributed by atoms with Crippen LogP contribution >= 0.6 is 0 Å². The lowest BCUT2D eigenvalue weighted by Gasteiger charge is -2.33. The van der Waals surface area contributed by atoms with Gasteiger partial charge in [-0.15, -0.1) is 0 Å². The van der Waals surface area contributed by atoms with E-state index >= 15 is 0 Å². The van der Waals surface area contributed by atoms with Crippen LogP contribution in [0.5, 0.6) is 0 Å². The molecule has 134 valence electrons. The van der Waals surface area contributed by atoms with E-state index < -0.39 is 12.3 Å². The minimum Gasteiger partial charge on any atom is -0.618 e. The van der Waals surface area contributed by atoms with Crippen LogP contribution in [0.25, 0.3) is 0 Å². The lowest BCUT2D eigenvalue weighted by Crippen LogP contribution is -2.56. The molecule has 25 heavy (non-hydrogen) atoms. The molecule has 3 N–H and O–H groups in total. The molecular weight excluding hydrogens is 324 g/mol. The van der Waals surface area contributed by atoms with Gasteiger partial charge in [0.2, 0.25) is 17.9 Å². The molecule has 0 saturated carbocycles. The summed E-state index contributed by atoms with van der Waals surface area (Å²) < 4.78 is 0.589. The van der Waals surface area contributed by atoms with Gasteiger partial charge < -0.3 is 25.6 Å². The van der Waals surface area contributed by atoms with Crippen molar-refractivity contribution in [3.8, 4) is 0 Å². The fraction of sp³-hybridized carbons (Fsp3) is 0.471. The highest BCUT2D eigenvalue weighted by Gasteiger charge is 2.42. The number of rotatable bonds is 5. The number of unbranched alkanes of at least 4 members (excludes halogenated alkanes) is 2. The minimum atomic E-state index is -1.37. The summed E-state index contributed by atoms with van der Waals surface area (Å²) in [5, 5.41) is 33.7. The van der Waals surface area contributed by atoms with Gasteiger partial charge in [-0.05, 0) is 50.3 Å². The van der Waals surface area contributed by atoms with Gasteiger partial charge >= 0.3 is 11.6 Å². The number of aliphatic imine (C=N–C) groups is 1. The van der Waals surface area contributed by atoms with Gasteiger partial charge in [0.1, 0.15) is 5.69 Å². The lowest BCUT2D eigenvalue weighted by molar-refractivity contribution is -0.358. The number of aliphatic hydroxyl groups is 2. The number of hydrogen-bond acceptors (Lipinski definition) is 6. The van der Waals surface area contributed by atoms with Crippen molar-refractivity contribution in [2.24, 2.45) is 4.99 Å². The van der Waals surface area contributed by atoms with Crippen LogP contribution in [0.1, 0.15) is 30.4 Å². The number of carbonyl (C=O) groups excluding carboxylic acids is 1. The number of anilines is 1. The molecule has 0 spiro atoms. The zero-order valence-corrected chi connectivity index (χ0v) is 14.3. The quantitative estimate of drug-likeness (QED) is 0.412. The predicted molar refractivity (Wildman–Crippen MR) is 94.1 cm³/mol. The van der Waals surface area contributed by atoms with Gasteiger partial charge in [0.15, 0.2) is 0 Å². The number of aliphatic hydroxyl groups excluding tert-OH is 2. The second-order valence-electron chi connectivity index (χ2n) is 6.30. The van der Waals surface area contributed by atoms with Crippen molar-refractivity contribution in [1.82, 2.24) is 5.32 Å². The van der Waals surface area contributed by atoms with E-state index in [1.54, 1.807) is 6.07 Å². The topological polar surface area (TPSA) is 111 Å². The van der Waals surface area contributed by atoms with Crippen molar-refractivity contribution in [3.05, 3.63) is 28.5 Å². The number of nitrogens with zero attached hydrogens (tertiary/aromatic N) is 3. The summed E-state index contributed by atoms with van der Waals surface area (Å²) in [6.45, 7) is 4.53. The summed E-state index contributed by atoms with van der Waals surface area (Å²) >= 11 is 0. The van der Waals surface area contributed by atoms with E-state index in [1.807, 2.05) is 24.8 Å². The molecule has 1 amide bonds. The number of carbonyl (C=O) groups is 1. The first-order valence-electron chi connectivity index (χ1n) is 8.35. The fourth-order valence-corrected chi connectivity index (χ4v) is 3.06. The van der Waals surface area contributed by atoms with Gasteiger partial charge in [-0.1, -0.05) is 0 Å². The van der Waals surface area contributed by atoms with Crippen LogP contribution in [0.4, 0.5) is 11.4 Å². The maximum absolute atomic E-state index is 12.8. The molecule has 0 saturated heterocycles. The molecule has 0 fully saturated rings. The predicted octanol–water partition coefficient (Wildman–Crippen LogP) is 0.673. The third-order valence-electron chi connectivity index (χ3n) is 4.53. The van der Waals surface area contributed by atoms with E-state index in [0.29, 0.717) is 29.1 Å². The molecule has 1 aromatic carbocycles. The van der Waals surface area contributed by atoms with Gasteiger partial charge in [0, 0.05) is 19.2 Å². The van der Waals surface area contributed by atoms with Gasteiger partial charge in [-0.3, -0.25) is 4.79 Å².